The van der Waals surface area contributed by atoms with Crippen LogP contribution in [0.5, 0.6) is 0 Å². The van der Waals surface area contributed by atoms with E-state index in [1.807, 2.05) is 4.90 Å². The van der Waals surface area contributed by atoms with Gasteiger partial charge >= 0.3 is 0 Å². The van der Waals surface area contributed by atoms with E-state index in [1.165, 1.54) is 0 Å². The molecule has 2 rings (SSSR count). The Balaban J connectivity index is 1.69. The van der Waals surface area contributed by atoms with E-state index in [4.69, 9.17) is 18.0 Å². The van der Waals surface area contributed by atoms with Crippen LogP contribution in [0.3, 0.4) is 0 Å². The molecular formula is C12H22N4OS. The van der Waals surface area contributed by atoms with Gasteiger partial charge in [-0.15, -0.1) is 0 Å². The SMILES string of the molecule is NC(=S)CN1CCN(CC(=O)N2CCCC2)CC1. The smallest absolute Gasteiger partial charge is 0.236 e. The maximum atomic E-state index is 12.0. The lowest BCUT2D eigenvalue weighted by Gasteiger charge is -2.34. The molecule has 2 heterocycles. The maximum absolute atomic E-state index is 12.0. The first-order valence-electron chi connectivity index (χ1n) is 6.66. The number of hydrogen-bond donors (Lipinski definition) is 1. The van der Waals surface area contributed by atoms with Gasteiger partial charge in [0, 0.05) is 45.8 Å². The third-order valence-corrected chi connectivity index (χ3v) is 3.79. The number of carbonyl (C=O) groups excluding carboxylic acids is 1. The molecule has 2 saturated heterocycles. The van der Waals surface area contributed by atoms with Crippen LogP contribution in [0.1, 0.15) is 12.8 Å². The van der Waals surface area contributed by atoms with Crippen molar-refractivity contribution in [2.75, 3.05) is 52.4 Å². The fraction of sp³-hybridized carbons (Fsp3) is 0.833. The van der Waals surface area contributed by atoms with Gasteiger partial charge in [-0.25, -0.2) is 0 Å². The predicted molar refractivity (Wildman–Crippen MR) is 75.5 cm³/mol. The summed E-state index contributed by atoms with van der Waals surface area (Å²) in [5.74, 6) is 0.287. The minimum atomic E-state index is 0.287. The van der Waals surface area contributed by atoms with Crippen LogP contribution in [0.25, 0.3) is 0 Å². The van der Waals surface area contributed by atoms with E-state index in [1.54, 1.807) is 0 Å². The molecule has 6 heteroatoms. The molecule has 5 nitrogen and oxygen atoms in total. The van der Waals surface area contributed by atoms with Gasteiger partial charge in [-0.2, -0.15) is 0 Å². The summed E-state index contributed by atoms with van der Waals surface area (Å²) in [7, 11) is 0. The second-order valence-corrected chi connectivity index (χ2v) is 5.63. The molecule has 2 aliphatic rings. The third kappa shape index (κ3) is 3.90. The summed E-state index contributed by atoms with van der Waals surface area (Å²) >= 11 is 4.91. The number of nitrogens with zero attached hydrogens (tertiary/aromatic N) is 3. The highest BCUT2D eigenvalue weighted by Crippen LogP contribution is 2.09. The number of rotatable bonds is 4. The summed E-state index contributed by atoms with van der Waals surface area (Å²) in [4.78, 5) is 19.0. The Hall–Kier alpha value is -0.720. The molecular weight excluding hydrogens is 248 g/mol. The number of amides is 1. The average molecular weight is 270 g/mol. The first-order valence-corrected chi connectivity index (χ1v) is 7.07. The largest absolute Gasteiger partial charge is 0.392 e. The van der Waals surface area contributed by atoms with E-state index in [0.717, 1.165) is 52.1 Å². The molecule has 0 aromatic heterocycles. The van der Waals surface area contributed by atoms with E-state index in [0.29, 0.717) is 18.1 Å². The van der Waals surface area contributed by atoms with Gasteiger partial charge in [0.05, 0.1) is 11.5 Å². The first kappa shape index (κ1) is 13.7. The molecule has 102 valence electrons. The quantitative estimate of drug-likeness (QED) is 0.699. The lowest BCUT2D eigenvalue weighted by Crippen LogP contribution is -2.51. The van der Waals surface area contributed by atoms with Crippen LogP contribution >= 0.6 is 12.2 Å². The highest BCUT2D eigenvalue weighted by Gasteiger charge is 2.23. The Morgan fingerprint density at radius 2 is 1.44 bits per heavy atom. The molecule has 0 bridgehead atoms. The summed E-state index contributed by atoms with van der Waals surface area (Å²) in [5.41, 5.74) is 5.54. The molecule has 18 heavy (non-hydrogen) atoms. The Morgan fingerprint density at radius 1 is 0.944 bits per heavy atom. The predicted octanol–water partition coefficient (Wildman–Crippen LogP) is -0.487. The lowest BCUT2D eigenvalue weighted by molar-refractivity contribution is -0.131. The van der Waals surface area contributed by atoms with Crippen molar-refractivity contribution in [3.05, 3.63) is 0 Å². The van der Waals surface area contributed by atoms with Crippen LogP contribution in [-0.2, 0) is 4.79 Å². The van der Waals surface area contributed by atoms with E-state index in [9.17, 15) is 4.79 Å². The topological polar surface area (TPSA) is 52.8 Å². The Kier molecular flexibility index (Phi) is 4.91. The summed E-state index contributed by atoms with van der Waals surface area (Å²) in [6.45, 7) is 6.92. The fourth-order valence-corrected chi connectivity index (χ4v) is 2.77. The van der Waals surface area contributed by atoms with Gasteiger partial charge in [-0.05, 0) is 12.8 Å². The minimum Gasteiger partial charge on any atom is -0.392 e. The number of likely N-dealkylation sites (tertiary alicyclic amines) is 1. The van der Waals surface area contributed by atoms with Crippen molar-refractivity contribution < 1.29 is 4.79 Å². The molecule has 0 spiro atoms. The van der Waals surface area contributed by atoms with E-state index in [-0.39, 0.29) is 5.91 Å². The average Bonchev–Trinajstić information content (AvgIpc) is 2.84. The van der Waals surface area contributed by atoms with Crippen molar-refractivity contribution >= 4 is 23.1 Å². The highest BCUT2D eigenvalue weighted by molar-refractivity contribution is 7.80. The van der Waals surface area contributed by atoms with Crippen molar-refractivity contribution in [3.8, 4) is 0 Å². The van der Waals surface area contributed by atoms with Gasteiger partial charge in [-0.1, -0.05) is 12.2 Å². The summed E-state index contributed by atoms with van der Waals surface area (Å²) in [6.07, 6.45) is 2.32. The number of hydrogen-bond acceptors (Lipinski definition) is 4. The fourth-order valence-electron chi connectivity index (χ4n) is 2.58. The van der Waals surface area contributed by atoms with Gasteiger partial charge < -0.3 is 10.6 Å². The van der Waals surface area contributed by atoms with Crippen molar-refractivity contribution in [1.82, 2.24) is 14.7 Å². The zero-order valence-corrected chi connectivity index (χ0v) is 11.6. The van der Waals surface area contributed by atoms with Crippen molar-refractivity contribution in [3.63, 3.8) is 0 Å². The monoisotopic (exact) mass is 270 g/mol. The molecule has 0 unspecified atom stereocenters. The summed E-state index contributed by atoms with van der Waals surface area (Å²) in [5, 5.41) is 0. The first-order chi connectivity index (χ1) is 8.65. The molecule has 2 fully saturated rings. The molecule has 0 atom stereocenters. The Morgan fingerprint density at radius 3 is 1.94 bits per heavy atom. The molecule has 2 N–H and O–H groups in total. The van der Waals surface area contributed by atoms with Crippen molar-refractivity contribution in [2.24, 2.45) is 5.73 Å². The summed E-state index contributed by atoms with van der Waals surface area (Å²) < 4.78 is 0. The highest BCUT2D eigenvalue weighted by atomic mass is 32.1. The third-order valence-electron chi connectivity index (χ3n) is 3.66. The van der Waals surface area contributed by atoms with Gasteiger partial charge in [-0.3, -0.25) is 14.6 Å². The molecule has 2 aliphatic heterocycles. The molecule has 0 saturated carbocycles. The molecule has 0 aromatic carbocycles. The van der Waals surface area contributed by atoms with Gasteiger partial charge in [0.1, 0.15) is 0 Å². The number of nitrogens with two attached hydrogens (primary N) is 1. The zero-order chi connectivity index (χ0) is 13.0. The van der Waals surface area contributed by atoms with Crippen molar-refractivity contribution in [2.45, 2.75) is 12.8 Å². The van der Waals surface area contributed by atoms with Crippen LogP contribution < -0.4 is 5.73 Å². The Bertz CT molecular complexity index is 309. The second-order valence-electron chi connectivity index (χ2n) is 5.11. The van der Waals surface area contributed by atoms with Crippen LogP contribution in [0, 0.1) is 0 Å². The van der Waals surface area contributed by atoms with Gasteiger partial charge in [0.25, 0.3) is 0 Å². The second kappa shape index (κ2) is 6.45. The van der Waals surface area contributed by atoms with E-state index < -0.39 is 0 Å². The minimum absolute atomic E-state index is 0.287. The normalized spacial score (nSPS) is 22.3. The summed E-state index contributed by atoms with van der Waals surface area (Å²) in [6, 6.07) is 0. The lowest BCUT2D eigenvalue weighted by atomic mass is 10.3. The molecule has 0 radical (unpaired) electrons. The zero-order valence-electron chi connectivity index (χ0n) is 10.8. The number of piperazine rings is 1. The van der Waals surface area contributed by atoms with Gasteiger partial charge in [0.15, 0.2) is 0 Å². The molecule has 0 aliphatic carbocycles. The van der Waals surface area contributed by atoms with Crippen LogP contribution in [0.4, 0.5) is 0 Å². The number of thiocarbonyl (C=S) groups is 1. The van der Waals surface area contributed by atoms with Crippen LogP contribution in [0.15, 0.2) is 0 Å². The Labute approximate surface area is 114 Å². The molecule has 0 aromatic rings. The van der Waals surface area contributed by atoms with E-state index in [2.05, 4.69) is 9.80 Å². The van der Waals surface area contributed by atoms with Crippen molar-refractivity contribution in [1.29, 1.82) is 0 Å². The van der Waals surface area contributed by atoms with Crippen LogP contribution in [-0.4, -0.2) is 78.0 Å². The van der Waals surface area contributed by atoms with Crippen LogP contribution in [0.2, 0.25) is 0 Å². The molecule has 1 amide bonds. The standard InChI is InChI=1S/C12H22N4OS/c13-11(18)9-14-5-7-15(8-6-14)10-12(17)16-3-1-2-4-16/h1-10H2,(H2,13,18). The number of carbonyl (C=O) groups is 1. The maximum Gasteiger partial charge on any atom is 0.236 e. The van der Waals surface area contributed by atoms with Gasteiger partial charge in [0.2, 0.25) is 5.91 Å². The van der Waals surface area contributed by atoms with E-state index >= 15 is 0 Å².